The number of methoxy groups -OCH3 is 2. The van der Waals surface area contributed by atoms with Crippen molar-refractivity contribution in [2.75, 3.05) is 20.8 Å². The average Bonchev–Trinajstić information content (AvgIpc) is 3.25. The molecule has 0 aliphatic carbocycles. The molecule has 3 aromatic carbocycles. The van der Waals surface area contributed by atoms with Crippen molar-refractivity contribution in [3.8, 4) is 23.0 Å². The number of aromatic nitrogens is 2. The maximum Gasteiger partial charge on any atom is 0.161 e. The van der Waals surface area contributed by atoms with Gasteiger partial charge < -0.3 is 23.5 Å². The van der Waals surface area contributed by atoms with Crippen LogP contribution >= 0.6 is 0 Å². The molecule has 6 heteroatoms. The summed E-state index contributed by atoms with van der Waals surface area (Å²) in [7, 11) is 3.31. The second-order valence-corrected chi connectivity index (χ2v) is 8.17. The number of ether oxygens (including phenoxy) is 4. The number of benzene rings is 3. The molecule has 0 aliphatic heterocycles. The highest BCUT2D eigenvalue weighted by molar-refractivity contribution is 5.75. The van der Waals surface area contributed by atoms with Crippen molar-refractivity contribution in [2.24, 2.45) is 0 Å². The van der Waals surface area contributed by atoms with Crippen LogP contribution < -0.4 is 18.9 Å². The summed E-state index contributed by atoms with van der Waals surface area (Å²) < 4.78 is 25.0. The van der Waals surface area contributed by atoms with E-state index in [0.717, 1.165) is 59.7 Å². The van der Waals surface area contributed by atoms with Crippen LogP contribution in [0.3, 0.4) is 0 Å². The summed E-state index contributed by atoms with van der Waals surface area (Å²) in [6, 6.07) is 21.8. The number of para-hydroxylation sites is 2. The second kappa shape index (κ2) is 12.0. The predicted octanol–water partition coefficient (Wildman–Crippen LogP) is 6.22. The van der Waals surface area contributed by atoms with Gasteiger partial charge in [0.2, 0.25) is 0 Å². The number of imidazole rings is 1. The Morgan fingerprint density at radius 1 is 0.857 bits per heavy atom. The van der Waals surface area contributed by atoms with Gasteiger partial charge in [-0.25, -0.2) is 4.98 Å². The fraction of sp³-hybridized carbons (Fsp3) is 0.276. The quantitative estimate of drug-likeness (QED) is 0.171. The van der Waals surface area contributed by atoms with E-state index in [1.807, 2.05) is 66.7 Å². The van der Waals surface area contributed by atoms with E-state index in [4.69, 9.17) is 23.9 Å². The van der Waals surface area contributed by atoms with E-state index in [-0.39, 0.29) is 0 Å². The molecule has 1 heterocycles. The Balaban J connectivity index is 1.39. The summed E-state index contributed by atoms with van der Waals surface area (Å²) in [6.07, 6.45) is 4.55. The lowest BCUT2D eigenvalue weighted by molar-refractivity contribution is 0.269. The number of aryl methyl sites for hydroxylation is 1. The molecule has 0 saturated carbocycles. The van der Waals surface area contributed by atoms with Crippen LogP contribution in [0.4, 0.5) is 0 Å². The molecule has 6 nitrogen and oxygen atoms in total. The summed E-state index contributed by atoms with van der Waals surface area (Å²) in [5.74, 6) is 3.97. The van der Waals surface area contributed by atoms with Crippen LogP contribution in [-0.2, 0) is 19.6 Å². The van der Waals surface area contributed by atoms with Crippen LogP contribution in [0, 0.1) is 0 Å². The first kappa shape index (κ1) is 24.2. The monoisotopic (exact) mass is 472 g/mol. The lowest BCUT2D eigenvalue weighted by atomic mass is 10.1. The zero-order valence-electron chi connectivity index (χ0n) is 20.4. The topological polar surface area (TPSA) is 54.7 Å². The van der Waals surface area contributed by atoms with Gasteiger partial charge in [0.1, 0.15) is 23.9 Å². The summed E-state index contributed by atoms with van der Waals surface area (Å²) in [6.45, 7) is 5.64. The normalized spacial score (nSPS) is 10.8. The SMILES string of the molecule is C=CCc1ccc(OCc2nc3ccccc3n2CCCCOc2ccc(OC)cc2)c(OC)c1. The van der Waals surface area contributed by atoms with Crippen LogP contribution in [0.5, 0.6) is 23.0 Å². The van der Waals surface area contributed by atoms with Crippen LogP contribution in [0.2, 0.25) is 0 Å². The zero-order valence-corrected chi connectivity index (χ0v) is 20.4. The number of unbranched alkanes of at least 4 members (excludes halogenated alkanes) is 1. The number of nitrogens with zero attached hydrogens (tertiary/aromatic N) is 2. The molecule has 1 aromatic heterocycles. The Morgan fingerprint density at radius 3 is 2.43 bits per heavy atom. The van der Waals surface area contributed by atoms with E-state index >= 15 is 0 Å². The molecular formula is C29H32N2O4. The molecule has 0 fully saturated rings. The molecule has 4 rings (SSSR count). The van der Waals surface area contributed by atoms with Gasteiger partial charge in [-0.2, -0.15) is 0 Å². The third-order valence-electron chi connectivity index (χ3n) is 5.80. The molecule has 0 spiro atoms. The fourth-order valence-electron chi connectivity index (χ4n) is 3.99. The van der Waals surface area contributed by atoms with Gasteiger partial charge in [0, 0.05) is 6.54 Å². The average molecular weight is 473 g/mol. The van der Waals surface area contributed by atoms with E-state index in [2.05, 4.69) is 17.2 Å². The van der Waals surface area contributed by atoms with Crippen LogP contribution in [0.15, 0.2) is 79.4 Å². The third kappa shape index (κ3) is 6.15. The first-order chi connectivity index (χ1) is 17.2. The Kier molecular flexibility index (Phi) is 8.28. The van der Waals surface area contributed by atoms with E-state index in [1.165, 1.54) is 0 Å². The van der Waals surface area contributed by atoms with Gasteiger partial charge in [0.25, 0.3) is 0 Å². The van der Waals surface area contributed by atoms with Crippen LogP contribution in [0.1, 0.15) is 24.2 Å². The third-order valence-corrected chi connectivity index (χ3v) is 5.80. The maximum atomic E-state index is 6.15. The predicted molar refractivity (Wildman–Crippen MR) is 139 cm³/mol. The highest BCUT2D eigenvalue weighted by Crippen LogP contribution is 2.29. The van der Waals surface area contributed by atoms with Gasteiger partial charge in [-0.3, -0.25) is 0 Å². The molecule has 0 unspecified atom stereocenters. The van der Waals surface area contributed by atoms with Gasteiger partial charge in [-0.15, -0.1) is 6.58 Å². The van der Waals surface area contributed by atoms with Crippen molar-refractivity contribution in [2.45, 2.75) is 32.4 Å². The van der Waals surface area contributed by atoms with Crippen LogP contribution in [-0.4, -0.2) is 30.4 Å². The summed E-state index contributed by atoms with van der Waals surface area (Å²) in [5.41, 5.74) is 3.21. The van der Waals surface area contributed by atoms with Crippen molar-refractivity contribution >= 4 is 11.0 Å². The van der Waals surface area contributed by atoms with E-state index in [9.17, 15) is 0 Å². The highest BCUT2D eigenvalue weighted by atomic mass is 16.5. The molecule has 0 radical (unpaired) electrons. The lowest BCUT2D eigenvalue weighted by Gasteiger charge is -2.13. The first-order valence-corrected chi connectivity index (χ1v) is 11.8. The Hall–Kier alpha value is -3.93. The van der Waals surface area contributed by atoms with Gasteiger partial charge in [-0.05, 0) is 73.4 Å². The molecule has 0 saturated heterocycles. The lowest BCUT2D eigenvalue weighted by Crippen LogP contribution is -2.09. The van der Waals surface area contributed by atoms with E-state index in [1.54, 1.807) is 14.2 Å². The van der Waals surface area contributed by atoms with Crippen molar-refractivity contribution in [3.05, 3.63) is 90.8 Å². The number of allylic oxidation sites excluding steroid dienone is 1. The molecular weight excluding hydrogens is 440 g/mol. The van der Waals surface area contributed by atoms with Crippen molar-refractivity contribution in [3.63, 3.8) is 0 Å². The molecule has 0 atom stereocenters. The summed E-state index contributed by atoms with van der Waals surface area (Å²) >= 11 is 0. The molecule has 182 valence electrons. The van der Waals surface area contributed by atoms with Gasteiger partial charge in [0.15, 0.2) is 11.5 Å². The number of rotatable bonds is 13. The zero-order chi connectivity index (χ0) is 24.5. The van der Waals surface area contributed by atoms with Gasteiger partial charge >= 0.3 is 0 Å². The van der Waals surface area contributed by atoms with E-state index < -0.39 is 0 Å². The summed E-state index contributed by atoms with van der Waals surface area (Å²) in [5, 5.41) is 0. The standard InChI is InChI=1S/C29H32N2O4/c1-4-9-22-12-17-27(28(20-22)33-3)35-21-29-30-25-10-5-6-11-26(25)31(29)18-7-8-19-34-24-15-13-23(32-2)14-16-24/h4-6,10-17,20H,1,7-9,18-19,21H2,2-3H3. The highest BCUT2D eigenvalue weighted by Gasteiger charge is 2.13. The van der Waals surface area contributed by atoms with Crippen LogP contribution in [0.25, 0.3) is 11.0 Å². The molecule has 0 N–H and O–H groups in total. The number of hydrogen-bond acceptors (Lipinski definition) is 5. The largest absolute Gasteiger partial charge is 0.497 e. The number of fused-ring (bicyclic) bond motifs is 1. The maximum absolute atomic E-state index is 6.15. The fourth-order valence-corrected chi connectivity index (χ4v) is 3.99. The van der Waals surface area contributed by atoms with Crippen molar-refractivity contribution in [1.29, 1.82) is 0 Å². The van der Waals surface area contributed by atoms with Crippen molar-refractivity contribution in [1.82, 2.24) is 9.55 Å². The number of hydrogen-bond donors (Lipinski definition) is 0. The Bertz CT molecular complexity index is 1250. The first-order valence-electron chi connectivity index (χ1n) is 11.8. The Morgan fingerprint density at radius 2 is 1.66 bits per heavy atom. The molecule has 4 aromatic rings. The molecule has 0 amide bonds. The van der Waals surface area contributed by atoms with E-state index in [0.29, 0.717) is 24.7 Å². The van der Waals surface area contributed by atoms with Gasteiger partial charge in [-0.1, -0.05) is 24.3 Å². The van der Waals surface area contributed by atoms with Crippen molar-refractivity contribution < 1.29 is 18.9 Å². The smallest absolute Gasteiger partial charge is 0.161 e. The summed E-state index contributed by atoms with van der Waals surface area (Å²) in [4.78, 5) is 4.83. The molecule has 0 bridgehead atoms. The molecule has 35 heavy (non-hydrogen) atoms. The minimum absolute atomic E-state index is 0.355. The second-order valence-electron chi connectivity index (χ2n) is 8.17. The molecule has 0 aliphatic rings. The Labute approximate surface area is 206 Å². The van der Waals surface area contributed by atoms with Gasteiger partial charge in [0.05, 0.1) is 31.9 Å². The minimum Gasteiger partial charge on any atom is -0.497 e. The minimum atomic E-state index is 0.355.